The first kappa shape index (κ1) is 19.7. The van der Waals surface area contributed by atoms with Gasteiger partial charge in [-0.05, 0) is 43.7 Å². The summed E-state index contributed by atoms with van der Waals surface area (Å²) >= 11 is 3.63. The molecule has 1 fully saturated rings. The van der Waals surface area contributed by atoms with Gasteiger partial charge in [-0.1, -0.05) is 0 Å². The zero-order valence-corrected chi connectivity index (χ0v) is 16.0. The molecule has 1 aromatic carbocycles. The molecule has 0 bridgehead atoms. The van der Waals surface area contributed by atoms with Crippen LogP contribution in [0.4, 0.5) is 0 Å². The Morgan fingerprint density at radius 2 is 1.96 bits per heavy atom. The summed E-state index contributed by atoms with van der Waals surface area (Å²) < 4.78 is 10.1. The zero-order valence-electron chi connectivity index (χ0n) is 14.3. The van der Waals surface area contributed by atoms with Crippen molar-refractivity contribution in [1.82, 2.24) is 5.43 Å². The van der Waals surface area contributed by atoms with Gasteiger partial charge in [-0.15, -0.1) is 23.5 Å². The van der Waals surface area contributed by atoms with Crippen LogP contribution in [0.1, 0.15) is 25.8 Å². The lowest BCUT2D eigenvalue weighted by molar-refractivity contribution is -0.145. The molecule has 0 aliphatic carbocycles. The van der Waals surface area contributed by atoms with E-state index in [9.17, 15) is 9.59 Å². The molecule has 0 atom stereocenters. The molecule has 0 aromatic heterocycles. The highest BCUT2D eigenvalue weighted by Crippen LogP contribution is 2.45. The molecule has 8 heteroatoms. The molecule has 0 radical (unpaired) electrons. The number of ether oxygens (including phenoxy) is 2. The average molecular weight is 383 g/mol. The lowest BCUT2D eigenvalue weighted by Crippen LogP contribution is -2.26. The molecule has 0 spiro atoms. The van der Waals surface area contributed by atoms with Crippen molar-refractivity contribution in [2.45, 2.75) is 24.3 Å². The Balaban J connectivity index is 1.75. The number of hydrogen-bond donors (Lipinski definition) is 1. The zero-order chi connectivity index (χ0) is 18.1. The van der Waals surface area contributed by atoms with Crippen molar-refractivity contribution in [2.75, 3.05) is 24.7 Å². The molecule has 1 saturated heterocycles. The Labute approximate surface area is 156 Å². The highest BCUT2D eigenvalue weighted by atomic mass is 32.2. The highest BCUT2D eigenvalue weighted by molar-refractivity contribution is 8.21. The van der Waals surface area contributed by atoms with E-state index in [1.54, 1.807) is 37.4 Å². The van der Waals surface area contributed by atoms with Gasteiger partial charge in [0.1, 0.15) is 5.75 Å². The number of nitrogens with zero attached hydrogens (tertiary/aromatic N) is 1. The average Bonchev–Trinajstić information content (AvgIpc) is 3.00. The van der Waals surface area contributed by atoms with Crippen molar-refractivity contribution in [1.29, 1.82) is 0 Å². The monoisotopic (exact) mass is 382 g/mol. The molecule has 1 aromatic rings. The number of thioether (sulfide) groups is 2. The Hall–Kier alpha value is -1.67. The topological polar surface area (TPSA) is 77.0 Å². The second kappa shape index (κ2) is 9.72. The summed E-state index contributed by atoms with van der Waals surface area (Å²) in [7, 11) is 0. The number of hydrogen-bond acceptors (Lipinski definition) is 7. The van der Waals surface area contributed by atoms with E-state index in [-0.39, 0.29) is 16.6 Å². The minimum atomic E-state index is -0.400. The van der Waals surface area contributed by atoms with E-state index in [2.05, 4.69) is 17.5 Å². The molecule has 0 unspecified atom stereocenters. The van der Waals surface area contributed by atoms with Crippen LogP contribution in [-0.4, -0.2) is 46.9 Å². The summed E-state index contributed by atoms with van der Waals surface area (Å²) in [4.78, 5) is 23.2. The number of carbonyl (C=O) groups is 2. The minimum absolute atomic E-state index is 0.0441. The van der Waals surface area contributed by atoms with Gasteiger partial charge in [0.15, 0.2) is 6.61 Å². The normalized spacial score (nSPS) is 15.9. The summed E-state index contributed by atoms with van der Waals surface area (Å²) in [6.45, 7) is 4.05. The van der Waals surface area contributed by atoms with Crippen LogP contribution in [0, 0.1) is 0 Å². The van der Waals surface area contributed by atoms with Gasteiger partial charge in [-0.3, -0.25) is 4.79 Å². The molecule has 1 N–H and O–H groups in total. The van der Waals surface area contributed by atoms with E-state index in [0.717, 1.165) is 17.1 Å². The van der Waals surface area contributed by atoms with Crippen LogP contribution >= 0.6 is 23.5 Å². The van der Waals surface area contributed by atoms with Gasteiger partial charge in [0.25, 0.3) is 0 Å². The molecule has 2 rings (SSSR count). The molecule has 1 amide bonds. The van der Waals surface area contributed by atoms with Gasteiger partial charge in [-0.25, -0.2) is 10.2 Å². The lowest BCUT2D eigenvalue weighted by atomic mass is 10.2. The molecular formula is C17H22N2O4S2. The largest absolute Gasteiger partial charge is 0.482 e. The van der Waals surface area contributed by atoms with E-state index < -0.39 is 5.97 Å². The van der Waals surface area contributed by atoms with Crippen molar-refractivity contribution in [3.05, 3.63) is 29.8 Å². The minimum Gasteiger partial charge on any atom is -0.482 e. The summed E-state index contributed by atoms with van der Waals surface area (Å²) in [5.41, 5.74) is 3.38. The van der Waals surface area contributed by atoms with Crippen LogP contribution in [0.3, 0.4) is 0 Å². The predicted octanol–water partition coefficient (Wildman–Crippen LogP) is 2.66. The van der Waals surface area contributed by atoms with Gasteiger partial charge in [0, 0.05) is 11.5 Å². The quantitative estimate of drug-likeness (QED) is 0.423. The van der Waals surface area contributed by atoms with Crippen molar-refractivity contribution >= 4 is 41.6 Å². The number of carbonyl (C=O) groups excluding carboxylic acids is 2. The van der Waals surface area contributed by atoms with Gasteiger partial charge >= 0.3 is 5.97 Å². The number of benzene rings is 1. The maximum absolute atomic E-state index is 11.9. The Kier molecular flexibility index (Phi) is 7.64. The third-order valence-electron chi connectivity index (χ3n) is 3.32. The summed E-state index contributed by atoms with van der Waals surface area (Å²) in [5.74, 6) is 2.25. The number of nitrogens with one attached hydrogen (secondary N) is 1. The summed E-state index contributed by atoms with van der Waals surface area (Å²) in [5, 5.41) is 3.98. The first-order chi connectivity index (χ1) is 12.0. The molecule has 1 aliphatic heterocycles. The Morgan fingerprint density at radius 1 is 1.28 bits per heavy atom. The summed E-state index contributed by atoms with van der Waals surface area (Å²) in [6.07, 6.45) is 2.02. The highest BCUT2D eigenvalue weighted by Gasteiger charge is 2.32. The third-order valence-corrected chi connectivity index (χ3v) is 6.62. The lowest BCUT2D eigenvalue weighted by Gasteiger charge is -2.19. The van der Waals surface area contributed by atoms with E-state index >= 15 is 0 Å². The molecular weight excluding hydrogens is 360 g/mol. The van der Waals surface area contributed by atoms with Crippen LogP contribution < -0.4 is 10.2 Å². The first-order valence-corrected chi connectivity index (χ1v) is 9.96. The number of hydrazone groups is 1. The maximum atomic E-state index is 11.9. The SMILES string of the molecule is CCOC(=O)COc1ccc(/C=N\NC(=O)CC2(C)SCCS2)cc1. The fourth-order valence-corrected chi connectivity index (χ4v) is 4.99. The van der Waals surface area contributed by atoms with Crippen molar-refractivity contribution in [2.24, 2.45) is 5.10 Å². The molecule has 1 aliphatic rings. The van der Waals surface area contributed by atoms with Crippen molar-refractivity contribution < 1.29 is 19.1 Å². The van der Waals surface area contributed by atoms with Crippen LogP contribution in [0.2, 0.25) is 0 Å². The van der Waals surface area contributed by atoms with E-state index in [0.29, 0.717) is 18.8 Å². The van der Waals surface area contributed by atoms with Crippen LogP contribution in [0.15, 0.2) is 29.4 Å². The molecule has 136 valence electrons. The molecule has 0 saturated carbocycles. The van der Waals surface area contributed by atoms with Crippen LogP contribution in [-0.2, 0) is 14.3 Å². The molecule has 1 heterocycles. The number of amides is 1. The second-order valence-corrected chi connectivity index (χ2v) is 8.92. The number of esters is 1. The molecule has 25 heavy (non-hydrogen) atoms. The first-order valence-electron chi connectivity index (χ1n) is 7.99. The third kappa shape index (κ3) is 6.99. The smallest absolute Gasteiger partial charge is 0.344 e. The van der Waals surface area contributed by atoms with Gasteiger partial charge in [0.05, 0.1) is 23.3 Å². The van der Waals surface area contributed by atoms with E-state index in [1.807, 2.05) is 23.5 Å². The van der Waals surface area contributed by atoms with E-state index in [1.165, 1.54) is 0 Å². The Morgan fingerprint density at radius 3 is 2.60 bits per heavy atom. The maximum Gasteiger partial charge on any atom is 0.344 e. The number of rotatable bonds is 8. The van der Waals surface area contributed by atoms with Gasteiger partial charge in [0.2, 0.25) is 5.91 Å². The molecule has 6 nitrogen and oxygen atoms in total. The van der Waals surface area contributed by atoms with Crippen LogP contribution in [0.25, 0.3) is 0 Å². The fourth-order valence-electron chi connectivity index (χ4n) is 2.16. The van der Waals surface area contributed by atoms with Gasteiger partial charge < -0.3 is 9.47 Å². The summed E-state index contributed by atoms with van der Waals surface area (Å²) in [6, 6.07) is 7.05. The van der Waals surface area contributed by atoms with Crippen LogP contribution in [0.5, 0.6) is 5.75 Å². The predicted molar refractivity (Wildman–Crippen MR) is 102 cm³/mol. The fraction of sp³-hybridized carbons (Fsp3) is 0.471. The van der Waals surface area contributed by atoms with E-state index in [4.69, 9.17) is 9.47 Å². The second-order valence-electron chi connectivity index (χ2n) is 5.46. The van der Waals surface area contributed by atoms with Gasteiger partial charge in [-0.2, -0.15) is 5.10 Å². The van der Waals surface area contributed by atoms with Crippen molar-refractivity contribution in [3.8, 4) is 5.75 Å². The van der Waals surface area contributed by atoms with Crippen molar-refractivity contribution in [3.63, 3.8) is 0 Å². The standard InChI is InChI=1S/C17H22N2O4S2/c1-3-22-16(21)12-23-14-6-4-13(5-7-14)11-18-19-15(20)10-17(2)24-8-9-25-17/h4-7,11H,3,8-10,12H2,1-2H3,(H,19,20)/b18-11-. The Bertz CT molecular complexity index is 614.